The molecule has 0 radical (unpaired) electrons. The monoisotopic (exact) mass is 356 g/mol. The van der Waals surface area contributed by atoms with Gasteiger partial charge in [0.15, 0.2) is 0 Å². The molecule has 4 rings (SSSR count). The van der Waals surface area contributed by atoms with Crippen LogP contribution in [0.2, 0.25) is 0 Å². The number of thioether (sulfide) groups is 1. The minimum atomic E-state index is -0.302. The van der Waals surface area contributed by atoms with E-state index < -0.39 is 0 Å². The first-order valence-corrected chi connectivity index (χ1v) is 9.21. The summed E-state index contributed by atoms with van der Waals surface area (Å²) in [5, 5.41) is 2.97. The maximum absolute atomic E-state index is 13.1. The van der Waals surface area contributed by atoms with Crippen LogP contribution in [-0.4, -0.2) is 23.6 Å². The lowest BCUT2D eigenvalue weighted by molar-refractivity contribution is -0.116. The number of carbonyl (C=O) groups is 2. The molecule has 1 saturated carbocycles. The number of fused-ring (bicyclic) bond motifs is 1. The summed E-state index contributed by atoms with van der Waals surface area (Å²) in [5.41, 5.74) is 2.15. The molecular weight excluding hydrogens is 339 g/mol. The average Bonchev–Trinajstić information content (AvgIpc) is 3.43. The van der Waals surface area contributed by atoms with Gasteiger partial charge in [-0.1, -0.05) is 12.1 Å². The smallest absolute Gasteiger partial charge is 0.251 e. The van der Waals surface area contributed by atoms with E-state index in [9.17, 15) is 14.0 Å². The van der Waals surface area contributed by atoms with Gasteiger partial charge in [0.2, 0.25) is 5.91 Å². The molecule has 128 valence electrons. The minimum absolute atomic E-state index is 0.0124. The first kappa shape index (κ1) is 16.1. The van der Waals surface area contributed by atoms with Crippen LogP contribution in [0.4, 0.5) is 10.1 Å². The Morgan fingerprint density at radius 2 is 1.96 bits per heavy atom. The molecule has 0 saturated heterocycles. The third-order valence-corrected chi connectivity index (χ3v) is 5.38. The summed E-state index contributed by atoms with van der Waals surface area (Å²) in [6.45, 7) is 0.361. The number of hydrogen-bond acceptors (Lipinski definition) is 3. The van der Waals surface area contributed by atoms with Crippen LogP contribution in [0.3, 0.4) is 0 Å². The van der Waals surface area contributed by atoms with Crippen LogP contribution in [0.5, 0.6) is 0 Å². The van der Waals surface area contributed by atoms with Gasteiger partial charge in [0.05, 0.1) is 18.0 Å². The average molecular weight is 356 g/mol. The molecule has 2 aromatic rings. The zero-order valence-electron chi connectivity index (χ0n) is 13.5. The van der Waals surface area contributed by atoms with Crippen molar-refractivity contribution >= 4 is 29.3 Å². The highest BCUT2D eigenvalue weighted by Gasteiger charge is 2.28. The van der Waals surface area contributed by atoms with Gasteiger partial charge < -0.3 is 10.2 Å². The van der Waals surface area contributed by atoms with Crippen molar-refractivity contribution < 1.29 is 14.0 Å². The second-order valence-corrected chi connectivity index (χ2v) is 7.34. The van der Waals surface area contributed by atoms with E-state index in [4.69, 9.17) is 0 Å². The van der Waals surface area contributed by atoms with Gasteiger partial charge in [-0.05, 0) is 48.7 Å². The Bertz CT molecular complexity index is 834. The number of hydrogen-bond donors (Lipinski definition) is 1. The summed E-state index contributed by atoms with van der Waals surface area (Å²) < 4.78 is 13.1. The molecule has 2 aliphatic rings. The van der Waals surface area contributed by atoms with E-state index in [1.54, 1.807) is 29.2 Å². The molecule has 0 unspecified atom stereocenters. The van der Waals surface area contributed by atoms with Crippen molar-refractivity contribution in [1.82, 2.24) is 5.32 Å². The van der Waals surface area contributed by atoms with E-state index in [1.807, 2.05) is 6.07 Å². The summed E-state index contributed by atoms with van der Waals surface area (Å²) in [6, 6.07) is 11.9. The van der Waals surface area contributed by atoms with Gasteiger partial charge >= 0.3 is 0 Å². The van der Waals surface area contributed by atoms with Crippen LogP contribution in [0.1, 0.15) is 28.8 Å². The van der Waals surface area contributed by atoms with Crippen molar-refractivity contribution in [1.29, 1.82) is 0 Å². The molecule has 1 aliphatic carbocycles. The van der Waals surface area contributed by atoms with E-state index in [0.717, 1.165) is 29.0 Å². The molecule has 1 heterocycles. The van der Waals surface area contributed by atoms with Gasteiger partial charge in [-0.3, -0.25) is 9.59 Å². The van der Waals surface area contributed by atoms with Crippen molar-refractivity contribution in [2.24, 2.45) is 0 Å². The highest BCUT2D eigenvalue weighted by atomic mass is 32.2. The van der Waals surface area contributed by atoms with Crippen molar-refractivity contribution in [2.45, 2.75) is 30.3 Å². The van der Waals surface area contributed by atoms with E-state index in [1.165, 1.54) is 23.9 Å². The van der Waals surface area contributed by atoms with Gasteiger partial charge in [-0.15, -0.1) is 11.8 Å². The predicted molar refractivity (Wildman–Crippen MR) is 95.2 cm³/mol. The molecule has 25 heavy (non-hydrogen) atoms. The molecule has 0 bridgehead atoms. The van der Waals surface area contributed by atoms with Crippen LogP contribution in [-0.2, 0) is 11.3 Å². The zero-order valence-corrected chi connectivity index (χ0v) is 14.3. The topological polar surface area (TPSA) is 49.4 Å². The van der Waals surface area contributed by atoms with Crippen LogP contribution >= 0.6 is 11.8 Å². The first-order valence-electron chi connectivity index (χ1n) is 8.23. The number of carbonyl (C=O) groups excluding carboxylic acids is 2. The SMILES string of the molecule is O=C(NC1CC1)c1ccc2c(c1)N(Cc1ccc(F)cc1)C(=O)CS2. The molecule has 0 atom stereocenters. The Morgan fingerprint density at radius 1 is 1.20 bits per heavy atom. The number of rotatable bonds is 4. The third-order valence-electron chi connectivity index (χ3n) is 4.33. The van der Waals surface area contributed by atoms with Gasteiger partial charge in [0.25, 0.3) is 5.91 Å². The fourth-order valence-corrected chi connectivity index (χ4v) is 3.70. The Labute approximate surface area is 149 Å². The zero-order chi connectivity index (χ0) is 17.4. The summed E-state index contributed by atoms with van der Waals surface area (Å²) >= 11 is 1.48. The molecule has 1 fully saturated rings. The Kier molecular flexibility index (Phi) is 4.21. The quantitative estimate of drug-likeness (QED) is 0.914. The Morgan fingerprint density at radius 3 is 2.68 bits per heavy atom. The van der Waals surface area contributed by atoms with Gasteiger partial charge in [0.1, 0.15) is 5.82 Å². The molecule has 4 nitrogen and oxygen atoms in total. The third kappa shape index (κ3) is 3.54. The number of nitrogens with zero attached hydrogens (tertiary/aromatic N) is 1. The molecule has 0 spiro atoms. The molecular formula is C19H17FN2O2S. The Hall–Kier alpha value is -2.34. The summed E-state index contributed by atoms with van der Waals surface area (Å²) in [6.07, 6.45) is 2.06. The normalized spacial score (nSPS) is 16.5. The first-order chi connectivity index (χ1) is 12.1. The van der Waals surface area contributed by atoms with Crippen molar-refractivity contribution in [3.05, 3.63) is 59.4 Å². The van der Waals surface area contributed by atoms with Crippen LogP contribution < -0.4 is 10.2 Å². The maximum Gasteiger partial charge on any atom is 0.251 e. The lowest BCUT2D eigenvalue weighted by Crippen LogP contribution is -2.35. The van der Waals surface area contributed by atoms with E-state index in [2.05, 4.69) is 5.32 Å². The molecule has 2 amide bonds. The molecule has 1 aliphatic heterocycles. The second kappa shape index (κ2) is 6.52. The van der Waals surface area contributed by atoms with Crippen molar-refractivity contribution in [3.8, 4) is 0 Å². The van der Waals surface area contributed by atoms with Crippen LogP contribution in [0, 0.1) is 5.82 Å². The summed E-state index contributed by atoms with van der Waals surface area (Å²) in [4.78, 5) is 27.4. The largest absolute Gasteiger partial charge is 0.349 e. The molecule has 1 N–H and O–H groups in total. The molecule has 0 aromatic heterocycles. The van der Waals surface area contributed by atoms with Gasteiger partial charge in [0, 0.05) is 16.5 Å². The van der Waals surface area contributed by atoms with E-state index in [-0.39, 0.29) is 23.7 Å². The van der Waals surface area contributed by atoms with Gasteiger partial charge in [-0.2, -0.15) is 0 Å². The lowest BCUT2D eigenvalue weighted by atomic mass is 10.1. The number of nitrogens with one attached hydrogen (secondary N) is 1. The summed E-state index contributed by atoms with van der Waals surface area (Å²) in [7, 11) is 0. The van der Waals surface area contributed by atoms with Gasteiger partial charge in [-0.25, -0.2) is 4.39 Å². The number of anilines is 1. The van der Waals surface area contributed by atoms with E-state index in [0.29, 0.717) is 17.9 Å². The van der Waals surface area contributed by atoms with Crippen LogP contribution in [0.25, 0.3) is 0 Å². The molecule has 6 heteroatoms. The number of halogens is 1. The van der Waals surface area contributed by atoms with E-state index >= 15 is 0 Å². The fourth-order valence-electron chi connectivity index (χ4n) is 2.79. The van der Waals surface area contributed by atoms with Crippen LogP contribution in [0.15, 0.2) is 47.4 Å². The highest BCUT2D eigenvalue weighted by Crippen LogP contribution is 2.37. The van der Waals surface area contributed by atoms with Crippen molar-refractivity contribution in [2.75, 3.05) is 10.7 Å². The van der Waals surface area contributed by atoms with Crippen molar-refractivity contribution in [3.63, 3.8) is 0 Å². The molecule has 2 aromatic carbocycles. The summed E-state index contributed by atoms with van der Waals surface area (Å²) in [5.74, 6) is -0.0534. The second-order valence-electron chi connectivity index (χ2n) is 6.33. The highest BCUT2D eigenvalue weighted by molar-refractivity contribution is 8.00. The Balaban J connectivity index is 1.62. The predicted octanol–water partition coefficient (Wildman–Crippen LogP) is 3.36. The minimum Gasteiger partial charge on any atom is -0.349 e. The lowest BCUT2D eigenvalue weighted by Gasteiger charge is -2.29. The standard InChI is InChI=1S/C19H17FN2O2S/c20-14-4-1-12(2-5-14)10-22-16-9-13(19(24)21-15-6-7-15)3-8-17(16)25-11-18(22)23/h1-5,8-9,15H,6-7,10-11H2,(H,21,24). The maximum atomic E-state index is 13.1. The fraction of sp³-hybridized carbons (Fsp3) is 0.263. The number of benzene rings is 2. The number of amides is 2.